The molecule has 0 aliphatic heterocycles. The van der Waals surface area contributed by atoms with Crippen LogP contribution in [0.5, 0.6) is 11.5 Å². The highest BCUT2D eigenvalue weighted by molar-refractivity contribution is 6.99. The number of carbonyl (C=O) groups is 2. The largest absolute Gasteiger partial charge is 0.497 e. The van der Waals surface area contributed by atoms with Gasteiger partial charge in [0.2, 0.25) is 0 Å². The summed E-state index contributed by atoms with van der Waals surface area (Å²) in [4.78, 5) is 27.9. The van der Waals surface area contributed by atoms with Crippen molar-refractivity contribution in [3.63, 3.8) is 0 Å². The van der Waals surface area contributed by atoms with Crippen molar-refractivity contribution >= 4 is 38.3 Å². The fraction of sp³-hybridized carbons (Fsp3) is 0.451. The molecule has 0 spiro atoms. The number of hydrogen-bond donors (Lipinski definition) is 0. The highest BCUT2D eigenvalue weighted by Gasteiger charge is 2.51. The van der Waals surface area contributed by atoms with Crippen LogP contribution in [0.15, 0.2) is 122 Å². The van der Waals surface area contributed by atoms with Crippen LogP contribution in [-0.2, 0) is 46.2 Å². The first-order valence-electron chi connectivity index (χ1n) is 21.7. The van der Waals surface area contributed by atoms with Gasteiger partial charge in [0.15, 0.2) is 0 Å². The molecule has 0 radical (unpaired) electrons. The summed E-state index contributed by atoms with van der Waals surface area (Å²) < 4.78 is 43.1. The summed E-state index contributed by atoms with van der Waals surface area (Å²) in [6, 6.07) is 37.1. The zero-order valence-corrected chi connectivity index (χ0v) is 40.4. The van der Waals surface area contributed by atoms with E-state index in [9.17, 15) is 9.59 Å². The van der Waals surface area contributed by atoms with Gasteiger partial charge in [-0.2, -0.15) is 0 Å². The van der Waals surface area contributed by atoms with Gasteiger partial charge >= 0.3 is 0 Å². The molecule has 0 heterocycles. The van der Waals surface area contributed by atoms with Gasteiger partial charge in [0.1, 0.15) is 29.9 Å². The van der Waals surface area contributed by atoms with Gasteiger partial charge in [0.05, 0.1) is 58.8 Å². The van der Waals surface area contributed by atoms with Crippen molar-refractivity contribution in [1.82, 2.24) is 0 Å². The number of carbonyl (C=O) groups excluding carboxylic acids is 2. The molecule has 11 heteroatoms. The normalized spacial score (nSPS) is 13.5. The molecule has 0 saturated carbocycles. The van der Waals surface area contributed by atoms with E-state index in [1.807, 2.05) is 84.9 Å². The zero-order valence-electron chi connectivity index (χ0n) is 38.4. The van der Waals surface area contributed by atoms with E-state index in [-0.39, 0.29) is 49.3 Å². The molecule has 0 amide bonds. The third kappa shape index (κ3) is 16.5. The second-order valence-electron chi connectivity index (χ2n) is 18.1. The predicted molar refractivity (Wildman–Crippen MR) is 254 cm³/mol. The second kappa shape index (κ2) is 25.2. The summed E-state index contributed by atoms with van der Waals surface area (Å²) in [6.07, 6.45) is 0.940. The molecule has 336 valence electrons. The third-order valence-electron chi connectivity index (χ3n) is 10.8. The number of rotatable bonds is 29. The summed E-state index contributed by atoms with van der Waals surface area (Å²) in [5.41, 5.74) is 1.93. The number of Topliss-reactive ketones (excluding diaryl/α,β-unsaturated/α-hetero) is 2. The van der Waals surface area contributed by atoms with E-state index in [1.165, 1.54) is 0 Å². The minimum Gasteiger partial charge on any atom is -0.497 e. The minimum absolute atomic E-state index is 0.0180. The molecule has 4 aromatic carbocycles. The molecular weight excluding hydrogens is 813 g/mol. The number of hydrogen-bond acceptors (Lipinski definition) is 9. The predicted octanol–water partition coefficient (Wildman–Crippen LogP) is 9.72. The molecule has 0 fully saturated rings. The summed E-state index contributed by atoms with van der Waals surface area (Å²) >= 11 is 0. The first kappa shape index (κ1) is 50.4. The highest BCUT2D eigenvalue weighted by atomic mass is 28.4. The number of ketones is 2. The Hall–Kier alpha value is -4.21. The molecule has 0 saturated heterocycles. The van der Waals surface area contributed by atoms with Gasteiger partial charge in [0, 0.05) is 33.9 Å². The fourth-order valence-electron chi connectivity index (χ4n) is 7.41. The number of methoxy groups -OCH3 is 2. The van der Waals surface area contributed by atoms with Gasteiger partial charge in [0.25, 0.3) is 8.32 Å². The lowest BCUT2D eigenvalue weighted by atomic mass is 10.0. The van der Waals surface area contributed by atoms with Gasteiger partial charge in [-0.3, -0.25) is 9.59 Å². The quantitative estimate of drug-likeness (QED) is 0.0174. The van der Waals surface area contributed by atoms with Crippen molar-refractivity contribution in [2.24, 2.45) is 0 Å². The van der Waals surface area contributed by atoms with E-state index < -0.39 is 34.7 Å². The Balaban J connectivity index is 1.62. The van der Waals surface area contributed by atoms with Crippen LogP contribution in [-0.4, -0.2) is 80.5 Å². The molecule has 9 nitrogen and oxygen atoms in total. The molecule has 0 aromatic heterocycles. The van der Waals surface area contributed by atoms with Gasteiger partial charge in [-0.25, -0.2) is 0 Å². The SMILES string of the molecule is C=CC[C@H](CC(=O)CC(=O)C[C@H](C[C@H](COCOCC[Si](C)(C)C)OCc1ccc(OC)cc1)O[Si](c1ccccc1)(c1ccccc1)C(C)(C)C)OCc1ccc(OC)cc1. The summed E-state index contributed by atoms with van der Waals surface area (Å²) in [5, 5.41) is 1.83. The standard InChI is InChI=1S/C51H70O9Si2/c1-10-17-46(58-36-40-22-26-44(54-5)27-23-40)33-42(52)32-43(53)34-47(60-62(51(2,3)4,49-18-13-11-14-19-49)50-20-15-12-16-21-50)35-48(38-57-39-56-30-31-61(7,8)9)59-37-41-24-28-45(55-6)29-25-41/h10-16,18-29,46-48H,1,17,30-39H2,2-9H3/t46-,47-,48-/m1/s1. The van der Waals surface area contributed by atoms with Crippen LogP contribution in [0, 0.1) is 0 Å². The third-order valence-corrected chi connectivity index (χ3v) is 17.6. The topological polar surface area (TPSA) is 98.8 Å². The molecule has 0 unspecified atom stereocenters. The fourth-order valence-corrected chi connectivity index (χ4v) is 12.9. The van der Waals surface area contributed by atoms with Gasteiger partial charge in [-0.15, -0.1) is 6.58 Å². The van der Waals surface area contributed by atoms with E-state index >= 15 is 0 Å². The highest BCUT2D eigenvalue weighted by Crippen LogP contribution is 2.38. The van der Waals surface area contributed by atoms with E-state index in [4.69, 9.17) is 32.8 Å². The van der Waals surface area contributed by atoms with E-state index in [2.05, 4.69) is 71.3 Å². The smallest absolute Gasteiger partial charge is 0.261 e. The van der Waals surface area contributed by atoms with Crippen LogP contribution in [0.25, 0.3) is 0 Å². The summed E-state index contributed by atoms with van der Waals surface area (Å²) in [5.74, 6) is 1.13. The van der Waals surface area contributed by atoms with Crippen LogP contribution in [0.3, 0.4) is 0 Å². The lowest BCUT2D eigenvalue weighted by Crippen LogP contribution is -2.68. The molecule has 4 rings (SSSR count). The number of ether oxygens (including phenoxy) is 6. The van der Waals surface area contributed by atoms with Crippen molar-refractivity contribution in [1.29, 1.82) is 0 Å². The zero-order chi connectivity index (χ0) is 45.0. The Morgan fingerprint density at radius 3 is 1.60 bits per heavy atom. The average molecular weight is 883 g/mol. The van der Waals surface area contributed by atoms with Crippen LogP contribution < -0.4 is 19.8 Å². The molecule has 62 heavy (non-hydrogen) atoms. The molecule has 0 aliphatic rings. The van der Waals surface area contributed by atoms with Crippen molar-refractivity contribution < 1.29 is 42.4 Å². The van der Waals surface area contributed by atoms with Gasteiger partial charge in [-0.05, 0) is 63.3 Å². The molecular formula is C51H70O9Si2. The summed E-state index contributed by atoms with van der Waals surface area (Å²) in [6.45, 7) is 19.1. The van der Waals surface area contributed by atoms with E-state index in [1.54, 1.807) is 20.3 Å². The minimum atomic E-state index is -3.14. The Morgan fingerprint density at radius 1 is 0.661 bits per heavy atom. The van der Waals surface area contributed by atoms with Gasteiger partial charge in [-0.1, -0.05) is 131 Å². The van der Waals surface area contributed by atoms with E-state index in [0.29, 0.717) is 32.7 Å². The van der Waals surface area contributed by atoms with Crippen molar-refractivity contribution in [2.45, 2.75) is 115 Å². The maximum atomic E-state index is 14.2. The van der Waals surface area contributed by atoms with Crippen molar-refractivity contribution in [2.75, 3.05) is 34.2 Å². The van der Waals surface area contributed by atoms with E-state index in [0.717, 1.165) is 39.0 Å². The second-order valence-corrected chi connectivity index (χ2v) is 28.0. The first-order valence-corrected chi connectivity index (χ1v) is 27.3. The molecule has 0 bridgehead atoms. The van der Waals surface area contributed by atoms with Crippen molar-refractivity contribution in [3.8, 4) is 11.5 Å². The lowest BCUT2D eigenvalue weighted by Gasteiger charge is -2.45. The Morgan fingerprint density at radius 2 is 1.15 bits per heavy atom. The Kier molecular flexibility index (Phi) is 20.5. The Bertz CT molecular complexity index is 1870. The van der Waals surface area contributed by atoms with Gasteiger partial charge < -0.3 is 32.8 Å². The first-order chi connectivity index (χ1) is 29.6. The molecule has 4 aromatic rings. The Labute approximate surface area is 373 Å². The lowest BCUT2D eigenvalue weighted by molar-refractivity contribution is -0.130. The average Bonchev–Trinajstić information content (AvgIpc) is 3.25. The monoisotopic (exact) mass is 882 g/mol. The molecule has 0 N–H and O–H groups in total. The maximum Gasteiger partial charge on any atom is 0.261 e. The van der Waals surface area contributed by atoms with Crippen LogP contribution in [0.4, 0.5) is 0 Å². The molecule has 3 atom stereocenters. The van der Waals surface area contributed by atoms with Crippen LogP contribution >= 0.6 is 0 Å². The number of benzene rings is 4. The summed E-state index contributed by atoms with van der Waals surface area (Å²) in [7, 11) is -1.15. The maximum absolute atomic E-state index is 14.2. The van der Waals surface area contributed by atoms with Crippen LogP contribution in [0.1, 0.15) is 64.0 Å². The molecule has 0 aliphatic carbocycles. The van der Waals surface area contributed by atoms with Crippen molar-refractivity contribution in [3.05, 3.63) is 133 Å². The van der Waals surface area contributed by atoms with Crippen LogP contribution in [0.2, 0.25) is 30.7 Å².